The van der Waals surface area contributed by atoms with Gasteiger partial charge < -0.3 is 15.2 Å². The molecule has 1 aromatic carbocycles. The third-order valence-corrected chi connectivity index (χ3v) is 4.67. The highest BCUT2D eigenvalue weighted by Gasteiger charge is 2.17. The van der Waals surface area contributed by atoms with Crippen LogP contribution in [-0.4, -0.2) is 30.1 Å². The summed E-state index contributed by atoms with van der Waals surface area (Å²) in [4.78, 5) is 12.6. The Balaban J connectivity index is 1.82. The van der Waals surface area contributed by atoms with Crippen molar-refractivity contribution in [2.75, 3.05) is 19.6 Å². The average Bonchev–Trinajstić information content (AvgIpc) is 2.89. The van der Waals surface area contributed by atoms with Gasteiger partial charge in [-0.15, -0.1) is 0 Å². The lowest BCUT2D eigenvalue weighted by atomic mass is 10.1. The number of benzene rings is 1. The normalized spacial score (nSPS) is 14.4. The van der Waals surface area contributed by atoms with Crippen LogP contribution in [0.25, 0.3) is 5.69 Å². The number of hydrogen-bond donors (Lipinski definition) is 2. The van der Waals surface area contributed by atoms with Crippen LogP contribution in [0.5, 0.6) is 0 Å². The summed E-state index contributed by atoms with van der Waals surface area (Å²) < 4.78 is 2.16. The molecule has 0 fully saturated rings. The molecule has 1 aromatic heterocycles. The smallest absolute Gasteiger partial charge is 0.253 e. The second-order valence-electron chi connectivity index (χ2n) is 6.41. The molecule has 2 aromatic rings. The largest absolute Gasteiger partial charge is 0.348 e. The molecule has 0 saturated heterocycles. The molecule has 0 saturated carbocycles. The van der Waals surface area contributed by atoms with Crippen molar-refractivity contribution in [2.24, 2.45) is 0 Å². The van der Waals surface area contributed by atoms with Gasteiger partial charge in [0.15, 0.2) is 0 Å². The Bertz CT molecular complexity index is 786. The fourth-order valence-electron chi connectivity index (χ4n) is 3.30. The van der Waals surface area contributed by atoms with Crippen molar-refractivity contribution in [3.63, 3.8) is 0 Å². The zero-order valence-corrected chi connectivity index (χ0v) is 14.6. The molecule has 1 aliphatic heterocycles. The van der Waals surface area contributed by atoms with Crippen molar-refractivity contribution in [3.05, 3.63) is 64.5 Å². The van der Waals surface area contributed by atoms with Crippen LogP contribution >= 0.6 is 0 Å². The summed E-state index contributed by atoms with van der Waals surface area (Å²) >= 11 is 0. The number of rotatable bonds is 4. The molecule has 1 amide bonds. The van der Waals surface area contributed by atoms with E-state index in [1.54, 1.807) is 0 Å². The van der Waals surface area contributed by atoms with Crippen molar-refractivity contribution in [2.45, 2.75) is 27.2 Å². The third-order valence-electron chi connectivity index (χ3n) is 4.67. The first kappa shape index (κ1) is 16.5. The molecule has 0 radical (unpaired) electrons. The molecule has 24 heavy (non-hydrogen) atoms. The number of nitrogens with zero attached hydrogens (tertiary/aromatic N) is 1. The molecule has 0 bridgehead atoms. The Kier molecular flexibility index (Phi) is 4.86. The van der Waals surface area contributed by atoms with Gasteiger partial charge >= 0.3 is 0 Å². The Morgan fingerprint density at radius 3 is 2.75 bits per heavy atom. The van der Waals surface area contributed by atoms with E-state index < -0.39 is 0 Å². The van der Waals surface area contributed by atoms with E-state index in [0.29, 0.717) is 6.54 Å². The van der Waals surface area contributed by atoms with Crippen molar-refractivity contribution < 1.29 is 4.79 Å². The molecule has 1 aliphatic rings. The lowest BCUT2D eigenvalue weighted by Crippen LogP contribution is -2.29. The number of para-hydroxylation sites is 1. The SMILES string of the molecule is Cc1ccccc1-n1c(C)cc(C(=O)NCC2=CCNCC2)c1C. The lowest BCUT2D eigenvalue weighted by molar-refractivity contribution is 0.0956. The molecular formula is C20H25N3O. The number of carbonyl (C=O) groups is 1. The van der Waals surface area contributed by atoms with Gasteiger partial charge in [-0.05, 0) is 51.4 Å². The van der Waals surface area contributed by atoms with Crippen LogP contribution in [0.4, 0.5) is 0 Å². The third kappa shape index (κ3) is 3.29. The Morgan fingerprint density at radius 1 is 1.25 bits per heavy atom. The molecular weight excluding hydrogens is 298 g/mol. The monoisotopic (exact) mass is 323 g/mol. The topological polar surface area (TPSA) is 46.1 Å². The second kappa shape index (κ2) is 7.05. The van der Waals surface area contributed by atoms with Crippen LogP contribution < -0.4 is 10.6 Å². The van der Waals surface area contributed by atoms with Crippen LogP contribution in [0, 0.1) is 20.8 Å². The number of aromatic nitrogens is 1. The van der Waals surface area contributed by atoms with Crippen LogP contribution in [0.3, 0.4) is 0 Å². The molecule has 2 heterocycles. The molecule has 0 atom stereocenters. The molecule has 126 valence electrons. The van der Waals surface area contributed by atoms with Gasteiger partial charge in [-0.3, -0.25) is 4.79 Å². The van der Waals surface area contributed by atoms with E-state index in [9.17, 15) is 4.79 Å². The maximum atomic E-state index is 12.6. The van der Waals surface area contributed by atoms with Crippen LogP contribution in [-0.2, 0) is 0 Å². The maximum Gasteiger partial charge on any atom is 0.253 e. The standard InChI is InChI=1S/C20H25N3O/c1-14-6-4-5-7-19(14)23-15(2)12-18(16(23)3)20(24)22-13-17-8-10-21-11-9-17/h4-8,12,21H,9-11,13H2,1-3H3,(H,22,24). The van der Waals surface area contributed by atoms with Gasteiger partial charge in [0, 0.05) is 30.2 Å². The molecule has 0 spiro atoms. The molecule has 0 aliphatic carbocycles. The van der Waals surface area contributed by atoms with Crippen molar-refractivity contribution in [1.82, 2.24) is 15.2 Å². The van der Waals surface area contributed by atoms with Gasteiger partial charge in [-0.25, -0.2) is 0 Å². The minimum absolute atomic E-state index is 0.00219. The first-order chi connectivity index (χ1) is 11.6. The van der Waals surface area contributed by atoms with E-state index in [1.807, 2.05) is 32.0 Å². The van der Waals surface area contributed by atoms with Gasteiger partial charge in [0.2, 0.25) is 0 Å². The van der Waals surface area contributed by atoms with Gasteiger partial charge in [-0.1, -0.05) is 29.8 Å². The number of hydrogen-bond acceptors (Lipinski definition) is 2. The van der Waals surface area contributed by atoms with Gasteiger partial charge in [0.05, 0.1) is 5.56 Å². The van der Waals surface area contributed by atoms with E-state index in [2.05, 4.69) is 40.3 Å². The summed E-state index contributed by atoms with van der Waals surface area (Å²) in [6.45, 7) is 8.67. The molecule has 3 rings (SSSR count). The highest BCUT2D eigenvalue weighted by Crippen LogP contribution is 2.23. The minimum Gasteiger partial charge on any atom is -0.348 e. The van der Waals surface area contributed by atoms with E-state index >= 15 is 0 Å². The first-order valence-corrected chi connectivity index (χ1v) is 8.49. The second-order valence-corrected chi connectivity index (χ2v) is 6.41. The predicted molar refractivity (Wildman–Crippen MR) is 97.9 cm³/mol. The zero-order valence-electron chi connectivity index (χ0n) is 14.6. The van der Waals surface area contributed by atoms with Crippen molar-refractivity contribution in [1.29, 1.82) is 0 Å². The number of nitrogens with one attached hydrogen (secondary N) is 2. The maximum absolute atomic E-state index is 12.6. The van der Waals surface area contributed by atoms with Crippen molar-refractivity contribution >= 4 is 5.91 Å². The number of aryl methyl sites for hydroxylation is 2. The Hall–Kier alpha value is -2.33. The molecule has 4 nitrogen and oxygen atoms in total. The lowest BCUT2D eigenvalue weighted by Gasteiger charge is -2.15. The quantitative estimate of drug-likeness (QED) is 0.850. The van der Waals surface area contributed by atoms with Gasteiger partial charge in [-0.2, -0.15) is 0 Å². The van der Waals surface area contributed by atoms with Crippen LogP contribution in [0.1, 0.15) is 33.7 Å². The summed E-state index contributed by atoms with van der Waals surface area (Å²) in [5.74, 6) is 0.00219. The Labute approximate surface area is 143 Å². The summed E-state index contributed by atoms with van der Waals surface area (Å²) in [5, 5.41) is 6.35. The molecule has 2 N–H and O–H groups in total. The van der Waals surface area contributed by atoms with Gasteiger partial charge in [0.25, 0.3) is 5.91 Å². The van der Waals surface area contributed by atoms with Crippen LogP contribution in [0.15, 0.2) is 42.0 Å². The minimum atomic E-state index is 0.00219. The summed E-state index contributed by atoms with van der Waals surface area (Å²) in [6, 6.07) is 10.2. The number of amides is 1. The predicted octanol–water partition coefficient (Wildman–Crippen LogP) is 3.05. The molecule has 0 unspecified atom stereocenters. The fraction of sp³-hybridized carbons (Fsp3) is 0.350. The molecule has 4 heteroatoms. The summed E-state index contributed by atoms with van der Waals surface area (Å²) in [7, 11) is 0. The highest BCUT2D eigenvalue weighted by molar-refractivity contribution is 5.96. The zero-order chi connectivity index (χ0) is 17.1. The van der Waals surface area contributed by atoms with Gasteiger partial charge in [0.1, 0.15) is 0 Å². The van der Waals surface area contributed by atoms with E-state index in [1.165, 1.54) is 11.1 Å². The highest BCUT2D eigenvalue weighted by atomic mass is 16.1. The average molecular weight is 323 g/mol. The van der Waals surface area contributed by atoms with Crippen LogP contribution in [0.2, 0.25) is 0 Å². The van der Waals surface area contributed by atoms with E-state index in [4.69, 9.17) is 0 Å². The first-order valence-electron chi connectivity index (χ1n) is 8.49. The summed E-state index contributed by atoms with van der Waals surface area (Å²) in [6.07, 6.45) is 3.17. The van der Waals surface area contributed by atoms with E-state index in [-0.39, 0.29) is 5.91 Å². The van der Waals surface area contributed by atoms with Crippen molar-refractivity contribution in [3.8, 4) is 5.69 Å². The van der Waals surface area contributed by atoms with E-state index in [0.717, 1.165) is 42.1 Å². The Morgan fingerprint density at radius 2 is 2.04 bits per heavy atom. The number of carbonyl (C=O) groups excluding carboxylic acids is 1. The fourth-order valence-corrected chi connectivity index (χ4v) is 3.30. The summed E-state index contributed by atoms with van der Waals surface area (Å²) in [5.41, 5.74) is 6.45.